The van der Waals surface area contributed by atoms with Crippen LogP contribution in [0.5, 0.6) is 0 Å². The predicted octanol–water partition coefficient (Wildman–Crippen LogP) is 3.59. The number of rotatable bonds is 8. The van der Waals surface area contributed by atoms with E-state index in [9.17, 15) is 4.79 Å². The van der Waals surface area contributed by atoms with E-state index >= 15 is 0 Å². The minimum absolute atomic E-state index is 0.204. The monoisotopic (exact) mass is 324 g/mol. The van der Waals surface area contributed by atoms with Crippen LogP contribution in [0.4, 0.5) is 17.1 Å². The number of aromatic nitrogens is 1. The predicted molar refractivity (Wildman–Crippen MR) is 100 cm³/mol. The smallest absolute Gasteiger partial charge is 0.270 e. The molecule has 0 aliphatic heterocycles. The summed E-state index contributed by atoms with van der Waals surface area (Å²) in [4.78, 5) is 18.3. The Morgan fingerprint density at radius 1 is 1.12 bits per heavy atom. The number of carbonyl (C=O) groups excluding carboxylic acids is 1. The molecule has 1 heterocycles. The van der Waals surface area contributed by atoms with Crippen LogP contribution in [0.25, 0.3) is 0 Å². The largest absolute Gasteiger partial charge is 0.372 e. The zero-order valence-electron chi connectivity index (χ0n) is 14.2. The van der Waals surface area contributed by atoms with Gasteiger partial charge in [-0.15, -0.1) is 6.58 Å². The fourth-order valence-corrected chi connectivity index (χ4v) is 2.37. The lowest BCUT2D eigenvalue weighted by Gasteiger charge is -2.21. The van der Waals surface area contributed by atoms with E-state index in [0.29, 0.717) is 12.2 Å². The molecule has 2 N–H and O–H groups in total. The van der Waals surface area contributed by atoms with Crippen LogP contribution in [0.1, 0.15) is 24.3 Å². The van der Waals surface area contributed by atoms with Gasteiger partial charge in [-0.1, -0.05) is 6.08 Å². The van der Waals surface area contributed by atoms with Crippen molar-refractivity contribution in [3.63, 3.8) is 0 Å². The van der Waals surface area contributed by atoms with E-state index in [0.717, 1.165) is 24.5 Å². The zero-order chi connectivity index (χ0) is 17.4. The lowest BCUT2D eigenvalue weighted by molar-refractivity contribution is 0.0953. The number of pyridine rings is 1. The van der Waals surface area contributed by atoms with Crippen molar-refractivity contribution in [3.05, 3.63) is 60.9 Å². The lowest BCUT2D eigenvalue weighted by Crippen LogP contribution is -2.24. The van der Waals surface area contributed by atoms with Crippen molar-refractivity contribution in [2.45, 2.75) is 13.8 Å². The standard InChI is InChI=1S/C19H24N4O/c1-4-13-20-19(24)18-12-9-16(14-21-18)22-15-7-10-17(11-8-15)23(5-2)6-3/h4,7-12,14,22H,1,5-6,13H2,2-3H3,(H,20,24). The zero-order valence-corrected chi connectivity index (χ0v) is 14.2. The molecule has 0 unspecified atom stereocenters. The normalized spacial score (nSPS) is 10.1. The summed E-state index contributed by atoms with van der Waals surface area (Å²) in [5.74, 6) is -0.204. The average molecular weight is 324 g/mol. The molecule has 1 aromatic carbocycles. The van der Waals surface area contributed by atoms with E-state index in [4.69, 9.17) is 0 Å². The molecule has 2 aromatic rings. The van der Waals surface area contributed by atoms with Crippen molar-refractivity contribution in [1.82, 2.24) is 10.3 Å². The Hall–Kier alpha value is -2.82. The summed E-state index contributed by atoms with van der Waals surface area (Å²) in [6.07, 6.45) is 3.29. The minimum Gasteiger partial charge on any atom is -0.372 e. The Kier molecular flexibility index (Phi) is 6.37. The van der Waals surface area contributed by atoms with Gasteiger partial charge in [0.25, 0.3) is 5.91 Å². The quantitative estimate of drug-likeness (QED) is 0.729. The van der Waals surface area contributed by atoms with E-state index in [1.54, 1.807) is 18.3 Å². The number of benzene rings is 1. The van der Waals surface area contributed by atoms with Gasteiger partial charge in [0.05, 0.1) is 11.9 Å². The molecular weight excluding hydrogens is 300 g/mol. The molecule has 126 valence electrons. The molecule has 0 bridgehead atoms. The highest BCUT2D eigenvalue weighted by atomic mass is 16.1. The summed E-state index contributed by atoms with van der Waals surface area (Å²) in [5.41, 5.74) is 3.42. The highest BCUT2D eigenvalue weighted by Crippen LogP contribution is 2.20. The average Bonchev–Trinajstić information content (AvgIpc) is 2.62. The van der Waals surface area contributed by atoms with Crippen LogP contribution in [0.15, 0.2) is 55.3 Å². The van der Waals surface area contributed by atoms with E-state index in [1.807, 2.05) is 18.2 Å². The molecule has 0 aliphatic rings. The summed E-state index contributed by atoms with van der Waals surface area (Å²) in [5, 5.41) is 5.99. The summed E-state index contributed by atoms with van der Waals surface area (Å²) >= 11 is 0. The summed E-state index contributed by atoms with van der Waals surface area (Å²) in [6.45, 7) is 10.3. The maximum Gasteiger partial charge on any atom is 0.270 e. The van der Waals surface area contributed by atoms with Gasteiger partial charge in [0.2, 0.25) is 0 Å². The van der Waals surface area contributed by atoms with E-state index in [-0.39, 0.29) is 5.91 Å². The molecule has 24 heavy (non-hydrogen) atoms. The molecule has 5 nitrogen and oxygen atoms in total. The van der Waals surface area contributed by atoms with Crippen LogP contribution in [-0.2, 0) is 0 Å². The SMILES string of the molecule is C=CCNC(=O)c1ccc(Nc2ccc(N(CC)CC)cc2)cn1. The third kappa shape index (κ3) is 4.59. The van der Waals surface area contributed by atoms with Gasteiger partial charge in [-0.2, -0.15) is 0 Å². The number of amides is 1. The van der Waals surface area contributed by atoms with Crippen molar-refractivity contribution in [3.8, 4) is 0 Å². The van der Waals surface area contributed by atoms with Gasteiger partial charge in [-0.3, -0.25) is 4.79 Å². The second kappa shape index (κ2) is 8.72. The maximum absolute atomic E-state index is 11.8. The Morgan fingerprint density at radius 2 is 1.79 bits per heavy atom. The highest BCUT2D eigenvalue weighted by molar-refractivity contribution is 5.92. The number of anilines is 3. The van der Waals surface area contributed by atoms with Gasteiger partial charge in [-0.25, -0.2) is 4.98 Å². The Balaban J connectivity index is 2.00. The van der Waals surface area contributed by atoms with Crippen LogP contribution in [0.3, 0.4) is 0 Å². The number of carbonyl (C=O) groups is 1. The number of nitrogens with one attached hydrogen (secondary N) is 2. The molecule has 1 aromatic heterocycles. The molecule has 1 amide bonds. The fourth-order valence-electron chi connectivity index (χ4n) is 2.37. The molecule has 0 spiro atoms. The highest BCUT2D eigenvalue weighted by Gasteiger charge is 2.06. The lowest BCUT2D eigenvalue weighted by atomic mass is 10.2. The summed E-state index contributed by atoms with van der Waals surface area (Å²) < 4.78 is 0. The molecule has 0 atom stereocenters. The van der Waals surface area contributed by atoms with Crippen molar-refractivity contribution in [2.24, 2.45) is 0 Å². The van der Waals surface area contributed by atoms with Gasteiger partial charge in [-0.05, 0) is 50.2 Å². The summed E-state index contributed by atoms with van der Waals surface area (Å²) in [6, 6.07) is 11.8. The first-order valence-electron chi connectivity index (χ1n) is 8.15. The molecule has 0 aliphatic carbocycles. The van der Waals surface area contributed by atoms with Crippen molar-refractivity contribution in [2.75, 3.05) is 29.9 Å². The van der Waals surface area contributed by atoms with E-state index in [2.05, 4.69) is 53.1 Å². The second-order valence-corrected chi connectivity index (χ2v) is 5.27. The molecule has 2 rings (SSSR count). The number of nitrogens with zero attached hydrogens (tertiary/aromatic N) is 2. The van der Waals surface area contributed by atoms with E-state index < -0.39 is 0 Å². The number of hydrogen-bond donors (Lipinski definition) is 2. The minimum atomic E-state index is -0.204. The van der Waals surface area contributed by atoms with Gasteiger partial charge in [0, 0.05) is 31.0 Å². The molecule has 0 saturated carbocycles. The van der Waals surface area contributed by atoms with Gasteiger partial charge < -0.3 is 15.5 Å². The fraction of sp³-hybridized carbons (Fsp3) is 0.263. The first-order valence-corrected chi connectivity index (χ1v) is 8.15. The van der Waals surface area contributed by atoms with Crippen LogP contribution in [0.2, 0.25) is 0 Å². The first kappa shape index (κ1) is 17.5. The van der Waals surface area contributed by atoms with Crippen molar-refractivity contribution >= 4 is 23.0 Å². The molecular formula is C19H24N4O. The van der Waals surface area contributed by atoms with Gasteiger partial charge in [0.15, 0.2) is 0 Å². The van der Waals surface area contributed by atoms with Crippen molar-refractivity contribution in [1.29, 1.82) is 0 Å². The second-order valence-electron chi connectivity index (χ2n) is 5.27. The van der Waals surface area contributed by atoms with Crippen molar-refractivity contribution < 1.29 is 4.79 Å². The molecule has 0 saturated heterocycles. The third-order valence-corrected chi connectivity index (χ3v) is 3.69. The van der Waals surface area contributed by atoms with E-state index in [1.165, 1.54) is 5.69 Å². The Bertz CT molecular complexity index is 661. The number of hydrogen-bond acceptors (Lipinski definition) is 4. The topological polar surface area (TPSA) is 57.3 Å². The Labute approximate surface area is 143 Å². The van der Waals surface area contributed by atoms with Gasteiger partial charge in [0.1, 0.15) is 5.69 Å². The van der Waals surface area contributed by atoms with Crippen LogP contribution < -0.4 is 15.5 Å². The third-order valence-electron chi connectivity index (χ3n) is 3.69. The van der Waals surface area contributed by atoms with Crippen LogP contribution in [0, 0.1) is 0 Å². The first-order chi connectivity index (χ1) is 11.7. The van der Waals surface area contributed by atoms with Crippen LogP contribution in [-0.4, -0.2) is 30.5 Å². The molecule has 0 radical (unpaired) electrons. The van der Waals surface area contributed by atoms with Gasteiger partial charge >= 0.3 is 0 Å². The Morgan fingerprint density at radius 3 is 2.33 bits per heavy atom. The van der Waals surface area contributed by atoms with Crippen LogP contribution >= 0.6 is 0 Å². The summed E-state index contributed by atoms with van der Waals surface area (Å²) in [7, 11) is 0. The molecule has 5 heteroatoms. The molecule has 0 fully saturated rings. The maximum atomic E-state index is 11.8.